The van der Waals surface area contributed by atoms with Crippen molar-refractivity contribution in [3.63, 3.8) is 0 Å². The topological polar surface area (TPSA) is 73.7 Å². The first kappa shape index (κ1) is 15.0. The van der Waals surface area contributed by atoms with Crippen LogP contribution in [-0.2, 0) is 26.5 Å². The van der Waals surface area contributed by atoms with E-state index < -0.39 is 15.8 Å². The van der Waals surface area contributed by atoms with Gasteiger partial charge in [0, 0.05) is 20.0 Å². The van der Waals surface area contributed by atoms with Gasteiger partial charge in [0.05, 0.1) is 31.1 Å². The second-order valence-corrected chi connectivity index (χ2v) is 7.55. The number of sulfonamides is 1. The summed E-state index contributed by atoms with van der Waals surface area (Å²) in [6.07, 6.45) is 1.47. The smallest absolute Gasteiger partial charge is 0.246 e. The van der Waals surface area contributed by atoms with Crippen molar-refractivity contribution in [3.05, 3.63) is 11.4 Å². The molecule has 0 bridgehead atoms. The zero-order valence-electron chi connectivity index (χ0n) is 12.6. The summed E-state index contributed by atoms with van der Waals surface area (Å²) in [6.45, 7) is 5.29. The molecule has 3 rings (SSSR count). The molecule has 2 aliphatic rings. The number of nitrogens with zero attached hydrogens (tertiary/aromatic N) is 3. The highest BCUT2D eigenvalue weighted by Crippen LogP contribution is 2.33. The van der Waals surface area contributed by atoms with Crippen molar-refractivity contribution < 1.29 is 17.9 Å². The van der Waals surface area contributed by atoms with Crippen LogP contribution < -0.4 is 0 Å². The van der Waals surface area contributed by atoms with Crippen molar-refractivity contribution in [2.24, 2.45) is 7.05 Å². The average molecular weight is 315 g/mol. The van der Waals surface area contributed by atoms with Gasteiger partial charge in [-0.15, -0.1) is 0 Å². The van der Waals surface area contributed by atoms with E-state index in [1.165, 1.54) is 4.31 Å². The molecule has 0 saturated carbocycles. The number of ether oxygens (including phenoxy) is 2. The van der Waals surface area contributed by atoms with Crippen LogP contribution in [0.15, 0.2) is 4.90 Å². The summed E-state index contributed by atoms with van der Waals surface area (Å²) in [6, 6.07) is 0. The largest absolute Gasteiger partial charge is 0.346 e. The predicted octanol–water partition coefficient (Wildman–Crippen LogP) is 0.565. The van der Waals surface area contributed by atoms with Crippen LogP contribution in [0.3, 0.4) is 0 Å². The minimum Gasteiger partial charge on any atom is -0.346 e. The summed E-state index contributed by atoms with van der Waals surface area (Å²) >= 11 is 0. The van der Waals surface area contributed by atoms with E-state index in [-0.39, 0.29) is 6.54 Å². The number of rotatable bonds is 2. The summed E-state index contributed by atoms with van der Waals surface area (Å²) in [5.74, 6) is -0.755. The van der Waals surface area contributed by atoms with E-state index in [4.69, 9.17) is 9.47 Å². The third kappa shape index (κ3) is 2.40. The lowest BCUT2D eigenvalue weighted by Crippen LogP contribution is -2.51. The van der Waals surface area contributed by atoms with Crippen LogP contribution in [0.2, 0.25) is 0 Å². The van der Waals surface area contributed by atoms with Crippen molar-refractivity contribution in [2.75, 3.05) is 26.3 Å². The summed E-state index contributed by atoms with van der Waals surface area (Å²) in [5.41, 5.74) is 1.18. The molecule has 1 aromatic rings. The summed E-state index contributed by atoms with van der Waals surface area (Å²) in [5, 5.41) is 4.21. The van der Waals surface area contributed by atoms with Gasteiger partial charge in [0.25, 0.3) is 0 Å². The van der Waals surface area contributed by atoms with Crippen LogP contribution in [0.5, 0.6) is 0 Å². The van der Waals surface area contributed by atoms with Gasteiger partial charge in [0.15, 0.2) is 5.79 Å². The van der Waals surface area contributed by atoms with E-state index in [2.05, 4.69) is 5.10 Å². The molecule has 1 aromatic heterocycles. The van der Waals surface area contributed by atoms with E-state index >= 15 is 0 Å². The Labute approximate surface area is 124 Å². The minimum absolute atomic E-state index is 0.253. The fourth-order valence-electron chi connectivity index (χ4n) is 3.15. The second-order valence-electron chi connectivity index (χ2n) is 5.67. The third-order valence-corrected chi connectivity index (χ3v) is 6.33. The van der Waals surface area contributed by atoms with Gasteiger partial charge in [-0.1, -0.05) is 0 Å². The van der Waals surface area contributed by atoms with Gasteiger partial charge in [-0.2, -0.15) is 9.40 Å². The monoisotopic (exact) mass is 315 g/mol. The molecule has 2 aliphatic heterocycles. The summed E-state index contributed by atoms with van der Waals surface area (Å²) in [7, 11) is -1.82. The number of hydrogen-bond donors (Lipinski definition) is 0. The van der Waals surface area contributed by atoms with Crippen LogP contribution >= 0.6 is 0 Å². The molecule has 3 heterocycles. The Hall–Kier alpha value is -0.960. The molecule has 0 N–H and O–H groups in total. The van der Waals surface area contributed by atoms with E-state index in [1.807, 2.05) is 0 Å². The van der Waals surface area contributed by atoms with Crippen LogP contribution in [0, 0.1) is 13.8 Å². The van der Waals surface area contributed by atoms with Crippen LogP contribution in [0.25, 0.3) is 0 Å². The van der Waals surface area contributed by atoms with Gasteiger partial charge in [0.1, 0.15) is 4.90 Å². The van der Waals surface area contributed by atoms with Crippen molar-refractivity contribution in [3.8, 4) is 0 Å². The van der Waals surface area contributed by atoms with Crippen molar-refractivity contribution in [2.45, 2.75) is 37.4 Å². The third-order valence-electron chi connectivity index (χ3n) is 4.24. The Morgan fingerprint density at radius 2 is 1.90 bits per heavy atom. The fourth-order valence-corrected chi connectivity index (χ4v) is 5.06. The van der Waals surface area contributed by atoms with Crippen LogP contribution in [-0.4, -0.2) is 54.6 Å². The quantitative estimate of drug-likeness (QED) is 0.797. The van der Waals surface area contributed by atoms with E-state index in [1.54, 1.807) is 25.6 Å². The lowest BCUT2D eigenvalue weighted by atomic mass is 10.1. The SMILES string of the molecule is Cc1nn(C)c(C)c1S(=O)(=O)N1CCCC2(C1)OCCO2. The molecule has 0 amide bonds. The van der Waals surface area contributed by atoms with E-state index in [9.17, 15) is 8.42 Å². The second kappa shape index (κ2) is 5.05. The van der Waals surface area contributed by atoms with Gasteiger partial charge in [-0.05, 0) is 20.3 Å². The maximum atomic E-state index is 12.9. The molecular formula is C13H21N3O4S. The lowest BCUT2D eigenvalue weighted by molar-refractivity contribution is -0.179. The molecule has 8 heteroatoms. The highest BCUT2D eigenvalue weighted by molar-refractivity contribution is 7.89. The molecule has 0 radical (unpaired) electrons. The molecule has 118 valence electrons. The highest BCUT2D eigenvalue weighted by atomic mass is 32.2. The number of hydrogen-bond acceptors (Lipinski definition) is 5. The Kier molecular flexibility index (Phi) is 3.59. The maximum Gasteiger partial charge on any atom is 0.246 e. The zero-order chi connectivity index (χ0) is 15.3. The first-order valence-corrected chi connectivity index (χ1v) is 8.58. The molecule has 1 spiro atoms. The van der Waals surface area contributed by atoms with Gasteiger partial charge >= 0.3 is 0 Å². The first-order valence-electron chi connectivity index (χ1n) is 7.14. The summed E-state index contributed by atoms with van der Waals surface area (Å²) in [4.78, 5) is 0.306. The number of aryl methyl sites for hydroxylation is 2. The molecule has 0 unspecified atom stereocenters. The standard InChI is InChI=1S/C13H21N3O4S/c1-10-12(11(2)15(3)14-10)21(17,18)16-6-4-5-13(9-16)19-7-8-20-13/h4-9H2,1-3H3. The molecule has 7 nitrogen and oxygen atoms in total. The van der Waals surface area contributed by atoms with E-state index in [0.29, 0.717) is 36.0 Å². The molecule has 0 atom stereocenters. The van der Waals surface area contributed by atoms with E-state index in [0.717, 1.165) is 12.8 Å². The molecular weight excluding hydrogens is 294 g/mol. The normalized spacial score (nSPS) is 23.0. The molecule has 0 aromatic carbocycles. The van der Waals surface area contributed by atoms with Gasteiger partial charge in [-0.3, -0.25) is 4.68 Å². The Morgan fingerprint density at radius 1 is 1.24 bits per heavy atom. The lowest BCUT2D eigenvalue weighted by Gasteiger charge is -2.37. The average Bonchev–Trinajstić information content (AvgIpc) is 2.96. The maximum absolute atomic E-state index is 12.9. The van der Waals surface area contributed by atoms with Gasteiger partial charge < -0.3 is 9.47 Å². The van der Waals surface area contributed by atoms with Crippen molar-refractivity contribution in [1.29, 1.82) is 0 Å². The van der Waals surface area contributed by atoms with Crippen molar-refractivity contribution >= 4 is 10.0 Å². The number of piperidine rings is 1. The minimum atomic E-state index is -3.58. The Morgan fingerprint density at radius 3 is 2.48 bits per heavy atom. The Bertz CT molecular complexity index is 647. The van der Waals surface area contributed by atoms with Crippen LogP contribution in [0.4, 0.5) is 0 Å². The molecule has 0 aliphatic carbocycles. The number of aromatic nitrogens is 2. The molecule has 2 saturated heterocycles. The van der Waals surface area contributed by atoms with Crippen LogP contribution in [0.1, 0.15) is 24.2 Å². The Balaban J connectivity index is 1.94. The fraction of sp³-hybridized carbons (Fsp3) is 0.769. The van der Waals surface area contributed by atoms with Gasteiger partial charge in [0.2, 0.25) is 10.0 Å². The predicted molar refractivity (Wildman–Crippen MR) is 75.3 cm³/mol. The highest BCUT2D eigenvalue weighted by Gasteiger charge is 2.45. The van der Waals surface area contributed by atoms with Crippen molar-refractivity contribution in [1.82, 2.24) is 14.1 Å². The summed E-state index contributed by atoms with van der Waals surface area (Å²) < 4.78 is 40.3. The molecule has 21 heavy (non-hydrogen) atoms. The zero-order valence-corrected chi connectivity index (χ0v) is 13.4. The van der Waals surface area contributed by atoms with Gasteiger partial charge in [-0.25, -0.2) is 8.42 Å². The first-order chi connectivity index (χ1) is 9.86. The molecule has 2 fully saturated rings.